The van der Waals surface area contributed by atoms with Gasteiger partial charge in [0.1, 0.15) is 12.3 Å². The molecule has 0 aliphatic carbocycles. The normalized spacial score (nSPS) is 10.5. The molecule has 1 aromatic heterocycles. The molecule has 0 fully saturated rings. The van der Waals surface area contributed by atoms with E-state index in [4.69, 9.17) is 4.74 Å². The molecule has 6 nitrogen and oxygen atoms in total. The summed E-state index contributed by atoms with van der Waals surface area (Å²) >= 11 is 0. The summed E-state index contributed by atoms with van der Waals surface area (Å²) in [5.41, 5.74) is 3.09. The van der Waals surface area contributed by atoms with Crippen molar-refractivity contribution < 1.29 is 9.53 Å². The molecule has 3 aromatic rings. The second-order valence-corrected chi connectivity index (χ2v) is 6.27. The van der Waals surface area contributed by atoms with Crippen LogP contribution in [0.1, 0.15) is 19.4 Å². The third-order valence-electron chi connectivity index (χ3n) is 4.27. The summed E-state index contributed by atoms with van der Waals surface area (Å²) in [6.45, 7) is 4.42. The van der Waals surface area contributed by atoms with E-state index in [1.54, 1.807) is 30.3 Å². The number of nitrogens with one attached hydrogen (secondary N) is 1. The lowest BCUT2D eigenvalue weighted by Crippen LogP contribution is -2.29. The summed E-state index contributed by atoms with van der Waals surface area (Å²) in [7, 11) is 0. The van der Waals surface area contributed by atoms with Gasteiger partial charge in [-0.3, -0.25) is 9.59 Å². The number of rotatable bonds is 7. The van der Waals surface area contributed by atoms with Crippen LogP contribution >= 0.6 is 0 Å². The number of carbonyl (C=O) groups excluding carboxylic acids is 1. The molecule has 1 heterocycles. The van der Waals surface area contributed by atoms with Crippen LogP contribution in [-0.2, 0) is 17.8 Å². The SMILES string of the molecule is CCOc1ccc(NC(=O)Cn2nc(-c3ccc(CC)cc3)ccc2=O)cc1. The molecule has 3 rings (SSSR count). The van der Waals surface area contributed by atoms with Crippen LogP contribution in [0.2, 0.25) is 0 Å². The van der Waals surface area contributed by atoms with Gasteiger partial charge in [-0.15, -0.1) is 0 Å². The minimum absolute atomic E-state index is 0.160. The van der Waals surface area contributed by atoms with E-state index < -0.39 is 0 Å². The molecule has 0 saturated heterocycles. The highest BCUT2D eigenvalue weighted by Gasteiger charge is 2.09. The summed E-state index contributed by atoms with van der Waals surface area (Å²) < 4.78 is 6.55. The molecule has 6 heteroatoms. The third-order valence-corrected chi connectivity index (χ3v) is 4.27. The van der Waals surface area contributed by atoms with Gasteiger partial charge in [0.05, 0.1) is 12.3 Å². The smallest absolute Gasteiger partial charge is 0.267 e. The molecule has 0 aliphatic heterocycles. The van der Waals surface area contributed by atoms with Crippen LogP contribution < -0.4 is 15.6 Å². The van der Waals surface area contributed by atoms with Crippen LogP contribution in [0.15, 0.2) is 65.5 Å². The van der Waals surface area contributed by atoms with Crippen LogP contribution in [0.25, 0.3) is 11.3 Å². The van der Waals surface area contributed by atoms with E-state index >= 15 is 0 Å². The standard InChI is InChI=1S/C22H23N3O3/c1-3-16-5-7-17(8-6-16)20-13-14-22(27)25(24-20)15-21(26)23-18-9-11-19(12-10-18)28-4-2/h5-14H,3-4,15H2,1-2H3,(H,23,26). The molecule has 1 amide bonds. The van der Waals surface area contributed by atoms with Crippen molar-refractivity contribution in [1.82, 2.24) is 9.78 Å². The Kier molecular flexibility index (Phi) is 6.22. The number of nitrogens with zero attached hydrogens (tertiary/aromatic N) is 2. The summed E-state index contributed by atoms with van der Waals surface area (Å²) in [6, 6.07) is 18.2. The van der Waals surface area contributed by atoms with Crippen LogP contribution in [0.3, 0.4) is 0 Å². The number of carbonyl (C=O) groups is 1. The van der Waals surface area contributed by atoms with Gasteiger partial charge in [-0.25, -0.2) is 4.68 Å². The molecule has 2 aromatic carbocycles. The fraction of sp³-hybridized carbons (Fsp3) is 0.227. The van der Waals surface area contributed by atoms with Crippen molar-refractivity contribution in [3.63, 3.8) is 0 Å². The Hall–Kier alpha value is -3.41. The van der Waals surface area contributed by atoms with Crippen molar-refractivity contribution in [2.75, 3.05) is 11.9 Å². The van der Waals surface area contributed by atoms with E-state index in [2.05, 4.69) is 17.3 Å². The summed E-state index contributed by atoms with van der Waals surface area (Å²) in [5.74, 6) is 0.414. The highest BCUT2D eigenvalue weighted by atomic mass is 16.5. The molecular formula is C22H23N3O3. The maximum atomic E-state index is 12.3. The van der Waals surface area contributed by atoms with Gasteiger partial charge in [-0.1, -0.05) is 31.2 Å². The second-order valence-electron chi connectivity index (χ2n) is 6.27. The molecule has 1 N–H and O–H groups in total. The molecule has 0 aliphatic rings. The van der Waals surface area contributed by atoms with Crippen LogP contribution in [0, 0.1) is 0 Å². The van der Waals surface area contributed by atoms with Crippen LogP contribution in [0.4, 0.5) is 5.69 Å². The number of hydrogen-bond acceptors (Lipinski definition) is 4. The fourth-order valence-electron chi connectivity index (χ4n) is 2.77. The first-order valence-electron chi connectivity index (χ1n) is 9.29. The minimum atomic E-state index is -0.323. The summed E-state index contributed by atoms with van der Waals surface area (Å²) in [4.78, 5) is 24.4. The molecule has 28 heavy (non-hydrogen) atoms. The summed E-state index contributed by atoms with van der Waals surface area (Å²) in [5, 5.41) is 7.11. The lowest BCUT2D eigenvalue weighted by Gasteiger charge is -2.09. The number of hydrogen-bond donors (Lipinski definition) is 1. The lowest BCUT2D eigenvalue weighted by molar-refractivity contribution is -0.117. The lowest BCUT2D eigenvalue weighted by atomic mass is 10.1. The van der Waals surface area contributed by atoms with Crippen molar-refractivity contribution in [3.05, 3.63) is 76.6 Å². The maximum Gasteiger partial charge on any atom is 0.267 e. The Balaban J connectivity index is 1.72. The van der Waals surface area contributed by atoms with Crippen molar-refractivity contribution in [2.45, 2.75) is 26.8 Å². The molecule has 0 spiro atoms. The fourth-order valence-corrected chi connectivity index (χ4v) is 2.77. The number of benzene rings is 2. The third kappa shape index (κ3) is 4.85. The topological polar surface area (TPSA) is 73.2 Å². The van der Waals surface area contributed by atoms with Gasteiger partial charge in [0.15, 0.2) is 0 Å². The van der Waals surface area contributed by atoms with E-state index in [0.29, 0.717) is 18.0 Å². The Bertz CT molecular complexity index is 993. The summed E-state index contributed by atoms with van der Waals surface area (Å²) in [6.07, 6.45) is 0.957. The molecule has 144 valence electrons. The van der Waals surface area contributed by atoms with E-state index in [0.717, 1.165) is 17.7 Å². The Labute approximate surface area is 163 Å². The molecule has 0 radical (unpaired) electrons. The van der Waals surface area contributed by atoms with Gasteiger partial charge in [-0.2, -0.15) is 5.10 Å². The number of anilines is 1. The van der Waals surface area contributed by atoms with Gasteiger partial charge in [0, 0.05) is 17.3 Å². The Morgan fingerprint density at radius 3 is 2.36 bits per heavy atom. The zero-order chi connectivity index (χ0) is 19.9. The monoisotopic (exact) mass is 377 g/mol. The highest BCUT2D eigenvalue weighted by Crippen LogP contribution is 2.17. The first kappa shape index (κ1) is 19.4. The Morgan fingerprint density at radius 1 is 1.00 bits per heavy atom. The zero-order valence-corrected chi connectivity index (χ0v) is 16.0. The van der Waals surface area contributed by atoms with Crippen molar-refractivity contribution in [1.29, 1.82) is 0 Å². The molecule has 0 atom stereocenters. The van der Waals surface area contributed by atoms with Gasteiger partial charge in [-0.05, 0) is 49.2 Å². The van der Waals surface area contributed by atoms with E-state index in [1.165, 1.54) is 16.3 Å². The molecule has 0 bridgehead atoms. The minimum Gasteiger partial charge on any atom is -0.494 e. The maximum absolute atomic E-state index is 12.3. The first-order chi connectivity index (χ1) is 13.6. The molecular weight excluding hydrogens is 354 g/mol. The van der Waals surface area contributed by atoms with Gasteiger partial charge in [0.2, 0.25) is 5.91 Å². The van der Waals surface area contributed by atoms with E-state index in [9.17, 15) is 9.59 Å². The predicted molar refractivity (Wildman–Crippen MR) is 110 cm³/mol. The quantitative estimate of drug-likeness (QED) is 0.684. The largest absolute Gasteiger partial charge is 0.494 e. The van der Waals surface area contributed by atoms with Crippen LogP contribution in [-0.4, -0.2) is 22.3 Å². The van der Waals surface area contributed by atoms with Gasteiger partial charge < -0.3 is 10.1 Å². The van der Waals surface area contributed by atoms with Crippen molar-refractivity contribution in [2.24, 2.45) is 0 Å². The first-order valence-corrected chi connectivity index (χ1v) is 9.29. The van der Waals surface area contributed by atoms with E-state index in [1.807, 2.05) is 31.2 Å². The Morgan fingerprint density at radius 2 is 1.71 bits per heavy atom. The highest BCUT2D eigenvalue weighted by molar-refractivity contribution is 5.90. The predicted octanol–water partition coefficient (Wildman–Crippen LogP) is 3.51. The van der Waals surface area contributed by atoms with Gasteiger partial charge in [0.25, 0.3) is 5.56 Å². The van der Waals surface area contributed by atoms with Crippen molar-refractivity contribution in [3.8, 4) is 17.0 Å². The average Bonchev–Trinajstić information content (AvgIpc) is 2.71. The molecule has 0 saturated carbocycles. The average molecular weight is 377 g/mol. The van der Waals surface area contributed by atoms with Gasteiger partial charge >= 0.3 is 0 Å². The zero-order valence-electron chi connectivity index (χ0n) is 16.0. The van der Waals surface area contributed by atoms with Crippen molar-refractivity contribution >= 4 is 11.6 Å². The number of aromatic nitrogens is 2. The number of ether oxygens (including phenoxy) is 1. The molecule has 0 unspecified atom stereocenters. The second kappa shape index (κ2) is 8.99. The van der Waals surface area contributed by atoms with Crippen LogP contribution in [0.5, 0.6) is 5.75 Å². The number of aryl methyl sites for hydroxylation is 1. The van der Waals surface area contributed by atoms with E-state index in [-0.39, 0.29) is 18.0 Å². The number of amides is 1.